The molecule has 4 aromatic rings. The number of aromatic amines is 1. The number of hydrogen-bond acceptors (Lipinski definition) is 5. The van der Waals surface area contributed by atoms with Crippen molar-refractivity contribution in [1.29, 1.82) is 0 Å². The van der Waals surface area contributed by atoms with E-state index in [-0.39, 0.29) is 11.0 Å². The molecule has 0 spiro atoms. The largest absolute Gasteiger partial charge is 0.453 e. The molecule has 0 saturated heterocycles. The second-order valence-corrected chi connectivity index (χ2v) is 7.81. The first kappa shape index (κ1) is 15.6. The van der Waals surface area contributed by atoms with E-state index in [1.807, 2.05) is 36.4 Å². The Labute approximate surface area is 144 Å². The highest BCUT2D eigenvalue weighted by atomic mass is 32.2. The molecule has 1 N–H and O–H groups in total. The molecule has 0 atom stereocenters. The molecular formula is C18H15N3O3S. The van der Waals surface area contributed by atoms with Crippen molar-refractivity contribution in [3.63, 3.8) is 0 Å². The summed E-state index contributed by atoms with van der Waals surface area (Å²) in [6.45, 7) is 0. The van der Waals surface area contributed by atoms with Gasteiger partial charge in [-0.15, -0.1) is 5.10 Å². The lowest BCUT2D eigenvalue weighted by Gasteiger charge is -2.01. The first-order valence-electron chi connectivity index (χ1n) is 7.68. The van der Waals surface area contributed by atoms with Crippen molar-refractivity contribution in [2.75, 3.05) is 6.26 Å². The van der Waals surface area contributed by atoms with Crippen LogP contribution in [0.1, 0.15) is 11.1 Å². The molecule has 0 aliphatic rings. The Bertz CT molecular complexity index is 1140. The van der Waals surface area contributed by atoms with Gasteiger partial charge in [-0.05, 0) is 35.7 Å². The number of benzene rings is 2. The molecule has 0 radical (unpaired) electrons. The first-order valence-corrected chi connectivity index (χ1v) is 9.57. The SMILES string of the molecule is CS(=O)(=O)c1nc(-c2cc3cc(Cc4ccccc4)ccc3o2)n[nH]1. The van der Waals surface area contributed by atoms with Crippen LogP contribution >= 0.6 is 0 Å². The van der Waals surface area contributed by atoms with Crippen LogP contribution in [0.25, 0.3) is 22.6 Å². The number of fused-ring (bicyclic) bond motifs is 1. The highest BCUT2D eigenvalue weighted by molar-refractivity contribution is 7.90. The van der Waals surface area contributed by atoms with Gasteiger partial charge in [0.05, 0.1) is 0 Å². The van der Waals surface area contributed by atoms with Crippen molar-refractivity contribution in [3.05, 3.63) is 65.7 Å². The average Bonchev–Trinajstić information content (AvgIpc) is 3.22. The Kier molecular flexibility index (Phi) is 3.65. The lowest BCUT2D eigenvalue weighted by Crippen LogP contribution is -1.99. The Morgan fingerprint density at radius 1 is 1.04 bits per heavy atom. The summed E-state index contributed by atoms with van der Waals surface area (Å²) in [4.78, 5) is 3.99. The van der Waals surface area contributed by atoms with Gasteiger partial charge in [-0.3, -0.25) is 0 Å². The fraction of sp³-hybridized carbons (Fsp3) is 0.111. The molecule has 4 rings (SSSR count). The van der Waals surface area contributed by atoms with E-state index in [4.69, 9.17) is 4.42 Å². The fourth-order valence-electron chi connectivity index (χ4n) is 2.67. The molecule has 25 heavy (non-hydrogen) atoms. The van der Waals surface area contributed by atoms with Crippen LogP contribution < -0.4 is 0 Å². The van der Waals surface area contributed by atoms with Crippen LogP contribution in [0.4, 0.5) is 0 Å². The van der Waals surface area contributed by atoms with E-state index in [1.54, 1.807) is 0 Å². The predicted octanol–water partition coefficient (Wildman–Crippen LogP) is 3.21. The van der Waals surface area contributed by atoms with Gasteiger partial charge < -0.3 is 4.42 Å². The van der Waals surface area contributed by atoms with Crippen molar-refractivity contribution in [3.8, 4) is 11.6 Å². The second kappa shape index (κ2) is 5.86. The molecule has 2 aromatic heterocycles. The van der Waals surface area contributed by atoms with Crippen LogP contribution in [0.15, 0.2) is 64.2 Å². The van der Waals surface area contributed by atoms with Gasteiger partial charge in [0, 0.05) is 11.6 Å². The van der Waals surface area contributed by atoms with Gasteiger partial charge in [-0.2, -0.15) is 4.98 Å². The van der Waals surface area contributed by atoms with Gasteiger partial charge in [0.2, 0.25) is 20.8 Å². The van der Waals surface area contributed by atoms with E-state index in [0.29, 0.717) is 11.3 Å². The molecule has 0 bridgehead atoms. The molecule has 2 aromatic carbocycles. The molecule has 0 aliphatic carbocycles. The van der Waals surface area contributed by atoms with Gasteiger partial charge in [-0.1, -0.05) is 36.4 Å². The zero-order chi connectivity index (χ0) is 17.4. The molecule has 126 valence electrons. The molecule has 7 heteroatoms. The number of sulfone groups is 1. The number of furan rings is 1. The minimum atomic E-state index is -3.43. The van der Waals surface area contributed by atoms with Crippen molar-refractivity contribution in [2.45, 2.75) is 11.6 Å². The molecule has 2 heterocycles. The third kappa shape index (κ3) is 3.18. The van der Waals surface area contributed by atoms with E-state index in [0.717, 1.165) is 23.6 Å². The van der Waals surface area contributed by atoms with Crippen LogP contribution in [0, 0.1) is 0 Å². The minimum absolute atomic E-state index is 0.173. The van der Waals surface area contributed by atoms with Gasteiger partial charge in [0.1, 0.15) is 5.58 Å². The molecule has 0 saturated carbocycles. The quantitative estimate of drug-likeness (QED) is 0.608. The van der Waals surface area contributed by atoms with Gasteiger partial charge in [0.15, 0.2) is 5.76 Å². The fourth-order valence-corrected chi connectivity index (χ4v) is 3.13. The van der Waals surface area contributed by atoms with E-state index in [9.17, 15) is 8.42 Å². The number of H-pyrrole nitrogens is 1. The Balaban J connectivity index is 1.67. The smallest absolute Gasteiger partial charge is 0.243 e. The number of nitrogens with one attached hydrogen (secondary N) is 1. The zero-order valence-corrected chi connectivity index (χ0v) is 14.2. The third-order valence-corrected chi connectivity index (χ3v) is 4.75. The normalized spacial score (nSPS) is 11.9. The van der Waals surface area contributed by atoms with E-state index < -0.39 is 9.84 Å². The van der Waals surface area contributed by atoms with Crippen LogP contribution in [-0.2, 0) is 16.3 Å². The van der Waals surface area contributed by atoms with Crippen molar-refractivity contribution in [2.24, 2.45) is 0 Å². The summed E-state index contributed by atoms with van der Waals surface area (Å²) in [5.41, 5.74) is 3.10. The maximum absolute atomic E-state index is 11.5. The summed E-state index contributed by atoms with van der Waals surface area (Å²) in [6.07, 6.45) is 1.90. The van der Waals surface area contributed by atoms with Crippen molar-refractivity contribution < 1.29 is 12.8 Å². The molecular weight excluding hydrogens is 338 g/mol. The van der Waals surface area contributed by atoms with Crippen LogP contribution in [0.3, 0.4) is 0 Å². The summed E-state index contributed by atoms with van der Waals surface area (Å²) in [6, 6.07) is 18.0. The highest BCUT2D eigenvalue weighted by Crippen LogP contribution is 2.27. The lowest BCUT2D eigenvalue weighted by atomic mass is 10.0. The molecule has 0 aliphatic heterocycles. The molecule has 6 nitrogen and oxygen atoms in total. The Hall–Kier alpha value is -2.93. The van der Waals surface area contributed by atoms with Crippen LogP contribution in [0.2, 0.25) is 0 Å². The third-order valence-electron chi connectivity index (χ3n) is 3.87. The highest BCUT2D eigenvalue weighted by Gasteiger charge is 2.17. The standard InChI is InChI=1S/C18H15N3O3S/c1-25(22,23)18-19-17(20-21-18)16-11-14-10-13(7-8-15(14)24-16)9-12-5-3-2-4-6-12/h2-8,10-11H,9H2,1H3,(H,19,20,21). The van der Waals surface area contributed by atoms with Crippen LogP contribution in [0.5, 0.6) is 0 Å². The summed E-state index contributed by atoms with van der Waals surface area (Å²) in [5, 5.41) is 7.10. The lowest BCUT2D eigenvalue weighted by molar-refractivity contribution is 0.593. The first-order chi connectivity index (χ1) is 12.0. The predicted molar refractivity (Wildman–Crippen MR) is 93.9 cm³/mol. The Morgan fingerprint density at radius 2 is 1.84 bits per heavy atom. The summed E-state index contributed by atoms with van der Waals surface area (Å²) < 4.78 is 28.8. The minimum Gasteiger partial charge on any atom is -0.453 e. The molecule has 0 amide bonds. The topological polar surface area (TPSA) is 88.8 Å². The number of nitrogens with zero attached hydrogens (tertiary/aromatic N) is 2. The Morgan fingerprint density at radius 3 is 2.56 bits per heavy atom. The number of rotatable bonds is 4. The molecule has 0 unspecified atom stereocenters. The monoisotopic (exact) mass is 353 g/mol. The van der Waals surface area contributed by atoms with Gasteiger partial charge in [-0.25, -0.2) is 13.5 Å². The average molecular weight is 353 g/mol. The summed E-state index contributed by atoms with van der Waals surface area (Å²) in [5.74, 6) is 0.652. The van der Waals surface area contributed by atoms with Gasteiger partial charge in [0.25, 0.3) is 0 Å². The van der Waals surface area contributed by atoms with Crippen molar-refractivity contribution in [1.82, 2.24) is 15.2 Å². The molecule has 0 fully saturated rings. The number of hydrogen-bond donors (Lipinski definition) is 1. The second-order valence-electron chi connectivity index (χ2n) is 5.88. The summed E-state index contributed by atoms with van der Waals surface area (Å²) in [7, 11) is -3.43. The van der Waals surface area contributed by atoms with E-state index in [1.165, 1.54) is 5.56 Å². The van der Waals surface area contributed by atoms with Gasteiger partial charge >= 0.3 is 0 Å². The van der Waals surface area contributed by atoms with E-state index in [2.05, 4.69) is 33.4 Å². The zero-order valence-electron chi connectivity index (χ0n) is 13.4. The maximum Gasteiger partial charge on any atom is 0.243 e. The van der Waals surface area contributed by atoms with E-state index >= 15 is 0 Å². The van der Waals surface area contributed by atoms with Crippen LogP contribution in [-0.4, -0.2) is 29.9 Å². The summed E-state index contributed by atoms with van der Waals surface area (Å²) >= 11 is 0. The van der Waals surface area contributed by atoms with Crippen molar-refractivity contribution >= 4 is 20.8 Å². The maximum atomic E-state index is 11.5. The number of aromatic nitrogens is 3.